The Labute approximate surface area is 125 Å². The number of sulfonamides is 1. The van der Waals surface area contributed by atoms with Gasteiger partial charge in [0.15, 0.2) is 5.78 Å². The summed E-state index contributed by atoms with van der Waals surface area (Å²) >= 11 is 0. The summed E-state index contributed by atoms with van der Waals surface area (Å²) in [7, 11) is -3.58. The van der Waals surface area contributed by atoms with Gasteiger partial charge in [-0.25, -0.2) is 13.1 Å². The van der Waals surface area contributed by atoms with Crippen LogP contribution < -0.4 is 4.72 Å². The van der Waals surface area contributed by atoms with E-state index in [0.29, 0.717) is 25.1 Å². The Kier molecular flexibility index (Phi) is 5.50. The Morgan fingerprint density at radius 1 is 1.43 bits per heavy atom. The molecule has 1 fully saturated rings. The summed E-state index contributed by atoms with van der Waals surface area (Å²) in [6, 6.07) is 6.18. The van der Waals surface area contributed by atoms with Gasteiger partial charge in [-0.1, -0.05) is 19.1 Å². The van der Waals surface area contributed by atoms with Crippen molar-refractivity contribution in [1.29, 1.82) is 0 Å². The zero-order chi connectivity index (χ0) is 15.3. The molecule has 6 heteroatoms. The van der Waals surface area contributed by atoms with Gasteiger partial charge in [0.1, 0.15) is 0 Å². The number of hydrogen-bond donors (Lipinski definition) is 1. The van der Waals surface area contributed by atoms with Crippen molar-refractivity contribution in [2.75, 3.05) is 19.8 Å². The van der Waals surface area contributed by atoms with Crippen molar-refractivity contribution in [2.45, 2.75) is 31.1 Å². The Hall–Kier alpha value is -1.24. The number of carbonyl (C=O) groups excluding carboxylic acids is 1. The monoisotopic (exact) mass is 311 g/mol. The molecule has 1 aliphatic heterocycles. The van der Waals surface area contributed by atoms with Crippen molar-refractivity contribution < 1.29 is 17.9 Å². The molecule has 5 nitrogen and oxygen atoms in total. The van der Waals surface area contributed by atoms with Gasteiger partial charge in [-0.2, -0.15) is 0 Å². The van der Waals surface area contributed by atoms with Crippen LogP contribution in [-0.2, 0) is 14.8 Å². The summed E-state index contributed by atoms with van der Waals surface area (Å²) < 4.78 is 32.5. The molecule has 0 radical (unpaired) electrons. The minimum Gasteiger partial charge on any atom is -0.381 e. The summed E-state index contributed by atoms with van der Waals surface area (Å²) in [5.74, 6) is 0.154. The van der Waals surface area contributed by atoms with Crippen LogP contribution in [0, 0.1) is 5.92 Å². The highest BCUT2D eigenvalue weighted by atomic mass is 32.2. The van der Waals surface area contributed by atoms with Crippen LogP contribution in [0.4, 0.5) is 0 Å². The zero-order valence-corrected chi connectivity index (χ0v) is 13.0. The fourth-order valence-corrected chi connectivity index (χ4v) is 3.48. The Morgan fingerprint density at radius 2 is 2.24 bits per heavy atom. The second-order valence-electron chi connectivity index (χ2n) is 5.24. The molecule has 0 bridgehead atoms. The van der Waals surface area contributed by atoms with Crippen LogP contribution in [0.15, 0.2) is 29.2 Å². The molecular formula is C15H21NO4S. The highest BCUT2D eigenvalue weighted by Crippen LogP contribution is 2.16. The number of hydrogen-bond acceptors (Lipinski definition) is 4. The van der Waals surface area contributed by atoms with Gasteiger partial charge in [0.05, 0.1) is 11.5 Å². The second kappa shape index (κ2) is 7.15. The molecule has 1 unspecified atom stereocenters. The molecule has 21 heavy (non-hydrogen) atoms. The fraction of sp³-hybridized carbons (Fsp3) is 0.533. The van der Waals surface area contributed by atoms with Gasteiger partial charge in [0, 0.05) is 25.1 Å². The molecule has 1 heterocycles. The van der Waals surface area contributed by atoms with Gasteiger partial charge in [-0.05, 0) is 30.9 Å². The van der Waals surface area contributed by atoms with Crippen molar-refractivity contribution in [3.63, 3.8) is 0 Å². The van der Waals surface area contributed by atoms with Crippen LogP contribution in [0.2, 0.25) is 0 Å². The van der Waals surface area contributed by atoms with Crippen molar-refractivity contribution >= 4 is 15.8 Å². The number of nitrogens with one attached hydrogen (secondary N) is 1. The van der Waals surface area contributed by atoms with Crippen LogP contribution in [0.5, 0.6) is 0 Å². The van der Waals surface area contributed by atoms with Gasteiger partial charge >= 0.3 is 0 Å². The second-order valence-corrected chi connectivity index (χ2v) is 7.01. The van der Waals surface area contributed by atoms with Crippen molar-refractivity contribution in [3.8, 4) is 0 Å². The molecule has 0 amide bonds. The van der Waals surface area contributed by atoms with Gasteiger partial charge in [0.25, 0.3) is 0 Å². The SMILES string of the molecule is CCC(=O)c1cccc(S(=O)(=O)NCC2CCCOC2)c1. The molecular weight excluding hydrogens is 290 g/mol. The van der Waals surface area contributed by atoms with E-state index in [4.69, 9.17) is 4.74 Å². The minimum absolute atomic E-state index is 0.0623. The normalized spacial score (nSPS) is 19.4. The quantitative estimate of drug-likeness (QED) is 0.815. The molecule has 0 saturated carbocycles. The molecule has 1 atom stereocenters. The Bertz CT molecular complexity index is 591. The van der Waals surface area contributed by atoms with E-state index in [1.807, 2.05) is 0 Å². The third-order valence-corrected chi connectivity index (χ3v) is 5.03. The predicted octanol–water partition coefficient (Wildman–Crippen LogP) is 1.98. The molecule has 116 valence electrons. The first-order chi connectivity index (χ1) is 10.0. The first kappa shape index (κ1) is 16.1. The molecule has 0 aliphatic carbocycles. The zero-order valence-electron chi connectivity index (χ0n) is 12.2. The number of rotatable bonds is 6. The topological polar surface area (TPSA) is 72.5 Å². The number of ether oxygens (including phenoxy) is 1. The molecule has 0 spiro atoms. The van der Waals surface area contributed by atoms with E-state index in [1.54, 1.807) is 19.1 Å². The Morgan fingerprint density at radius 3 is 2.90 bits per heavy atom. The summed E-state index contributed by atoms with van der Waals surface area (Å²) in [6.07, 6.45) is 2.29. The molecule has 1 saturated heterocycles. The summed E-state index contributed by atoms with van der Waals surface area (Å²) in [5, 5.41) is 0. The third kappa shape index (κ3) is 4.36. The molecule has 1 N–H and O–H groups in total. The van der Waals surface area contributed by atoms with E-state index in [9.17, 15) is 13.2 Å². The lowest BCUT2D eigenvalue weighted by atomic mass is 10.0. The minimum atomic E-state index is -3.58. The number of carbonyl (C=O) groups is 1. The van der Waals surface area contributed by atoms with Crippen LogP contribution in [-0.4, -0.2) is 34.0 Å². The van der Waals surface area contributed by atoms with Gasteiger partial charge in [-0.15, -0.1) is 0 Å². The predicted molar refractivity (Wildman–Crippen MR) is 79.8 cm³/mol. The lowest BCUT2D eigenvalue weighted by Gasteiger charge is -2.22. The average molecular weight is 311 g/mol. The Balaban J connectivity index is 2.06. The van der Waals surface area contributed by atoms with Crippen LogP contribution in [0.25, 0.3) is 0 Å². The lowest BCUT2D eigenvalue weighted by molar-refractivity contribution is 0.0568. The largest absolute Gasteiger partial charge is 0.381 e. The van der Waals surface area contributed by atoms with Crippen molar-refractivity contribution in [2.24, 2.45) is 5.92 Å². The van der Waals surface area contributed by atoms with E-state index < -0.39 is 10.0 Å². The van der Waals surface area contributed by atoms with Crippen molar-refractivity contribution in [3.05, 3.63) is 29.8 Å². The third-order valence-electron chi connectivity index (χ3n) is 3.60. The maximum Gasteiger partial charge on any atom is 0.240 e. The number of benzene rings is 1. The highest BCUT2D eigenvalue weighted by Gasteiger charge is 2.20. The number of Topliss-reactive ketones (excluding diaryl/α,β-unsaturated/α-hetero) is 1. The standard InChI is InChI=1S/C15H21NO4S/c1-2-15(17)13-6-3-7-14(9-13)21(18,19)16-10-12-5-4-8-20-11-12/h3,6-7,9,12,16H,2,4-5,8,10-11H2,1H3. The molecule has 1 aromatic carbocycles. The van der Waals surface area contributed by atoms with Crippen molar-refractivity contribution in [1.82, 2.24) is 4.72 Å². The van der Waals surface area contributed by atoms with E-state index in [0.717, 1.165) is 19.4 Å². The summed E-state index contributed by atoms with van der Waals surface area (Å²) in [4.78, 5) is 11.8. The van der Waals surface area contributed by atoms with E-state index in [1.165, 1.54) is 12.1 Å². The maximum absolute atomic E-state index is 12.3. The number of ketones is 1. The summed E-state index contributed by atoms with van der Waals surface area (Å²) in [6.45, 7) is 3.47. The first-order valence-corrected chi connectivity index (χ1v) is 8.72. The highest BCUT2D eigenvalue weighted by molar-refractivity contribution is 7.89. The fourth-order valence-electron chi connectivity index (χ4n) is 2.32. The van der Waals surface area contributed by atoms with Crippen LogP contribution in [0.1, 0.15) is 36.5 Å². The molecule has 1 aliphatic rings. The summed E-state index contributed by atoms with van der Waals surface area (Å²) in [5.41, 5.74) is 0.432. The van der Waals surface area contributed by atoms with E-state index >= 15 is 0 Å². The van der Waals surface area contributed by atoms with E-state index in [2.05, 4.69) is 4.72 Å². The lowest BCUT2D eigenvalue weighted by Crippen LogP contribution is -2.33. The molecule has 2 rings (SSSR count). The average Bonchev–Trinajstić information content (AvgIpc) is 2.53. The van der Waals surface area contributed by atoms with E-state index in [-0.39, 0.29) is 16.6 Å². The van der Waals surface area contributed by atoms with Crippen LogP contribution in [0.3, 0.4) is 0 Å². The first-order valence-electron chi connectivity index (χ1n) is 7.23. The van der Waals surface area contributed by atoms with Gasteiger partial charge < -0.3 is 4.74 Å². The smallest absolute Gasteiger partial charge is 0.240 e. The molecule has 0 aromatic heterocycles. The van der Waals surface area contributed by atoms with Gasteiger partial charge in [-0.3, -0.25) is 4.79 Å². The molecule has 1 aromatic rings. The van der Waals surface area contributed by atoms with Gasteiger partial charge in [0.2, 0.25) is 10.0 Å². The maximum atomic E-state index is 12.3. The van der Waals surface area contributed by atoms with Crippen LogP contribution >= 0.6 is 0 Å².